The van der Waals surface area contributed by atoms with E-state index in [1.54, 1.807) is 30.3 Å². The summed E-state index contributed by atoms with van der Waals surface area (Å²) in [4.78, 5) is 31.3. The Hall–Kier alpha value is -3.72. The summed E-state index contributed by atoms with van der Waals surface area (Å²) in [5, 5.41) is 16.6. The van der Waals surface area contributed by atoms with Crippen LogP contribution in [0.3, 0.4) is 0 Å². The molecule has 5 rings (SSSR count). The summed E-state index contributed by atoms with van der Waals surface area (Å²) < 4.78 is 0. The van der Waals surface area contributed by atoms with Crippen molar-refractivity contribution in [1.82, 2.24) is 15.2 Å². The third-order valence-corrected chi connectivity index (χ3v) is 8.04. The second-order valence-corrected chi connectivity index (χ2v) is 11.2. The molecule has 2 aliphatic heterocycles. The number of anilines is 1. The second-order valence-electron chi connectivity index (χ2n) is 10.7. The highest BCUT2D eigenvalue weighted by atomic mass is 35.5. The van der Waals surface area contributed by atoms with Gasteiger partial charge in [0, 0.05) is 23.2 Å². The van der Waals surface area contributed by atoms with Crippen molar-refractivity contribution in [1.29, 1.82) is 0 Å². The minimum Gasteiger partial charge on any atom is -0.508 e. The van der Waals surface area contributed by atoms with Crippen LogP contribution in [0.5, 0.6) is 5.75 Å². The molecule has 8 nitrogen and oxygen atoms in total. The van der Waals surface area contributed by atoms with E-state index in [9.17, 15) is 14.7 Å². The molecule has 0 bridgehead atoms. The molecule has 0 atom stereocenters. The number of nitrogens with one attached hydrogen (secondary N) is 2. The quantitative estimate of drug-likeness (QED) is 0.244. The summed E-state index contributed by atoms with van der Waals surface area (Å²) in [6.45, 7) is 5.42. The van der Waals surface area contributed by atoms with Crippen molar-refractivity contribution in [3.8, 4) is 5.75 Å². The summed E-state index contributed by atoms with van der Waals surface area (Å²) in [5.74, 6) is -0.678. The fourth-order valence-corrected chi connectivity index (χ4v) is 5.76. The number of amides is 2. The van der Waals surface area contributed by atoms with Crippen LogP contribution >= 0.6 is 11.6 Å². The number of carbonyl (C=O) groups excluding carboxylic acids is 2. The summed E-state index contributed by atoms with van der Waals surface area (Å²) >= 11 is 6.16. The van der Waals surface area contributed by atoms with E-state index >= 15 is 0 Å². The van der Waals surface area contributed by atoms with Gasteiger partial charge in [-0.1, -0.05) is 30.2 Å². The van der Waals surface area contributed by atoms with Gasteiger partial charge in [0.1, 0.15) is 5.75 Å². The van der Waals surface area contributed by atoms with E-state index in [1.807, 2.05) is 12.1 Å². The molecule has 9 heteroatoms. The molecule has 0 radical (unpaired) electrons. The molecule has 2 amide bonds. The molecule has 3 N–H and O–H groups in total. The largest absolute Gasteiger partial charge is 0.508 e. The van der Waals surface area contributed by atoms with Gasteiger partial charge in [0.15, 0.2) is 0 Å². The Morgan fingerprint density at radius 3 is 2.44 bits per heavy atom. The van der Waals surface area contributed by atoms with Crippen LogP contribution < -0.4 is 10.7 Å². The van der Waals surface area contributed by atoms with Gasteiger partial charge in [0.25, 0.3) is 11.8 Å². The van der Waals surface area contributed by atoms with E-state index in [2.05, 4.69) is 31.7 Å². The smallest absolute Gasteiger partial charge is 0.273 e. The Kier molecular flexibility index (Phi) is 9.67. The average molecular weight is 574 g/mol. The number of hydrazone groups is 1. The molecule has 2 saturated heterocycles. The third-order valence-electron chi connectivity index (χ3n) is 7.81. The molecule has 0 spiro atoms. The molecule has 41 heavy (non-hydrogen) atoms. The van der Waals surface area contributed by atoms with Crippen LogP contribution in [-0.2, 0) is 6.54 Å². The lowest BCUT2D eigenvalue weighted by Gasteiger charge is -2.40. The number of nitrogens with zero attached hydrogens (tertiary/aromatic N) is 3. The van der Waals surface area contributed by atoms with Crippen molar-refractivity contribution in [2.75, 3.05) is 31.5 Å². The highest BCUT2D eigenvalue weighted by Gasteiger charge is 2.25. The van der Waals surface area contributed by atoms with Crippen molar-refractivity contribution >= 4 is 35.3 Å². The molecule has 214 valence electrons. The summed E-state index contributed by atoms with van der Waals surface area (Å²) in [5.41, 5.74) is 5.32. The number of phenols is 1. The van der Waals surface area contributed by atoms with E-state index in [-0.39, 0.29) is 17.2 Å². The van der Waals surface area contributed by atoms with Gasteiger partial charge in [-0.15, -0.1) is 0 Å². The first-order valence-electron chi connectivity index (χ1n) is 14.2. The number of piperidine rings is 2. The van der Waals surface area contributed by atoms with Gasteiger partial charge in [-0.05, 0) is 118 Å². The number of halogens is 1. The Balaban J connectivity index is 1.19. The molecule has 3 aromatic carbocycles. The standard InChI is InChI=1S/C32H36ClN5O3/c33-26-9-12-30(29(20-26)32(41)36-34-21-23-7-10-28(39)11-8-23)35-31(40)25-6-4-5-24(19-25)22-37-17-13-27(14-18-37)38-15-2-1-3-16-38/h4-12,19-21,27,39H,1-3,13-18,22H2,(H,35,40)(H,36,41)/b34-21+. The van der Waals surface area contributed by atoms with E-state index in [0.717, 1.165) is 25.2 Å². The highest BCUT2D eigenvalue weighted by Crippen LogP contribution is 2.24. The average Bonchev–Trinajstić information content (AvgIpc) is 3.00. The van der Waals surface area contributed by atoms with Gasteiger partial charge >= 0.3 is 0 Å². The third kappa shape index (κ3) is 7.94. The first-order valence-corrected chi connectivity index (χ1v) is 14.6. The summed E-state index contributed by atoms with van der Waals surface area (Å²) in [7, 11) is 0. The van der Waals surface area contributed by atoms with Crippen LogP contribution in [0.1, 0.15) is 63.9 Å². The van der Waals surface area contributed by atoms with Gasteiger partial charge in [-0.3, -0.25) is 14.5 Å². The Labute approximate surface area is 246 Å². The first kappa shape index (κ1) is 28.8. The van der Waals surface area contributed by atoms with Crippen LogP contribution in [0.2, 0.25) is 5.02 Å². The van der Waals surface area contributed by atoms with Gasteiger partial charge in [0.2, 0.25) is 0 Å². The van der Waals surface area contributed by atoms with Gasteiger partial charge in [-0.2, -0.15) is 5.10 Å². The van der Waals surface area contributed by atoms with Crippen LogP contribution in [0.15, 0.2) is 71.8 Å². The van der Waals surface area contributed by atoms with Gasteiger partial charge in [-0.25, -0.2) is 5.43 Å². The van der Waals surface area contributed by atoms with Crippen molar-refractivity contribution in [3.63, 3.8) is 0 Å². The zero-order valence-corrected chi connectivity index (χ0v) is 23.8. The molecule has 2 aliphatic rings. The van der Waals surface area contributed by atoms with Crippen molar-refractivity contribution < 1.29 is 14.7 Å². The number of hydrogen-bond donors (Lipinski definition) is 3. The van der Waals surface area contributed by atoms with E-state index in [1.165, 1.54) is 69.6 Å². The minimum absolute atomic E-state index is 0.142. The molecular formula is C32H36ClN5O3. The minimum atomic E-state index is -0.514. The topological polar surface area (TPSA) is 97.3 Å². The lowest BCUT2D eigenvalue weighted by Crippen LogP contribution is -2.46. The molecule has 2 heterocycles. The number of benzene rings is 3. The van der Waals surface area contributed by atoms with Crippen molar-refractivity contribution in [3.05, 3.63) is 94.0 Å². The normalized spacial score (nSPS) is 17.0. The number of carbonyl (C=O) groups is 2. The number of hydrogen-bond acceptors (Lipinski definition) is 6. The van der Waals surface area contributed by atoms with Crippen LogP contribution in [0, 0.1) is 0 Å². The van der Waals surface area contributed by atoms with E-state index < -0.39 is 5.91 Å². The predicted molar refractivity (Wildman–Crippen MR) is 163 cm³/mol. The van der Waals surface area contributed by atoms with Gasteiger partial charge < -0.3 is 15.3 Å². The lowest BCUT2D eigenvalue weighted by molar-refractivity contribution is 0.0896. The van der Waals surface area contributed by atoms with Crippen LogP contribution in [-0.4, -0.2) is 65.2 Å². The summed E-state index contributed by atoms with van der Waals surface area (Å²) in [6.07, 6.45) is 7.86. The maximum absolute atomic E-state index is 13.2. The van der Waals surface area contributed by atoms with E-state index in [0.29, 0.717) is 27.9 Å². The molecule has 3 aromatic rings. The maximum atomic E-state index is 13.2. The fraction of sp³-hybridized carbons (Fsp3) is 0.344. The van der Waals surface area contributed by atoms with Crippen LogP contribution in [0.4, 0.5) is 5.69 Å². The Bertz CT molecular complexity index is 1380. The molecule has 0 unspecified atom stereocenters. The molecule has 2 fully saturated rings. The van der Waals surface area contributed by atoms with Crippen LogP contribution in [0.25, 0.3) is 0 Å². The highest BCUT2D eigenvalue weighted by molar-refractivity contribution is 6.31. The SMILES string of the molecule is O=C(Nc1ccc(Cl)cc1C(=O)N/N=C/c1ccc(O)cc1)c1cccc(CN2CCC(N3CCCCC3)CC2)c1. The lowest BCUT2D eigenvalue weighted by atomic mass is 9.99. The monoisotopic (exact) mass is 573 g/mol. The Morgan fingerprint density at radius 2 is 1.68 bits per heavy atom. The zero-order valence-electron chi connectivity index (χ0n) is 23.1. The fourth-order valence-electron chi connectivity index (χ4n) is 5.59. The number of rotatable bonds is 8. The summed E-state index contributed by atoms with van der Waals surface area (Å²) in [6, 6.07) is 19.5. The second kappa shape index (κ2) is 13.8. The van der Waals surface area contributed by atoms with Gasteiger partial charge in [0.05, 0.1) is 17.5 Å². The zero-order chi connectivity index (χ0) is 28.6. The first-order chi connectivity index (χ1) is 19.9. The molecule has 0 saturated carbocycles. The van der Waals surface area contributed by atoms with E-state index in [4.69, 9.17) is 11.6 Å². The van der Waals surface area contributed by atoms with Crippen molar-refractivity contribution in [2.24, 2.45) is 5.10 Å². The predicted octanol–water partition coefficient (Wildman–Crippen LogP) is 5.51. The number of aromatic hydroxyl groups is 1. The molecular weight excluding hydrogens is 538 g/mol. The van der Waals surface area contributed by atoms with Crippen molar-refractivity contribution in [2.45, 2.75) is 44.7 Å². The molecule has 0 aromatic heterocycles. The number of phenolic OH excluding ortho intramolecular Hbond substituents is 1. The Morgan fingerprint density at radius 1 is 0.927 bits per heavy atom. The number of likely N-dealkylation sites (tertiary alicyclic amines) is 2. The molecule has 0 aliphatic carbocycles. The maximum Gasteiger partial charge on any atom is 0.273 e.